The number of benzene rings is 8. The van der Waals surface area contributed by atoms with Crippen LogP contribution in [0.3, 0.4) is 0 Å². The lowest BCUT2D eigenvalue weighted by atomic mass is 9.36. The van der Waals surface area contributed by atoms with Gasteiger partial charge in [-0.3, -0.25) is 0 Å². The van der Waals surface area contributed by atoms with Gasteiger partial charge in [0.15, 0.2) is 0 Å². The van der Waals surface area contributed by atoms with Crippen LogP contribution in [0.4, 0.5) is 34.1 Å². The van der Waals surface area contributed by atoms with Crippen LogP contribution in [0.15, 0.2) is 174 Å². The van der Waals surface area contributed by atoms with Gasteiger partial charge < -0.3 is 9.80 Å². The van der Waals surface area contributed by atoms with E-state index in [1.807, 2.05) is 45.3 Å². The lowest BCUT2D eigenvalue weighted by Crippen LogP contribution is -2.60. The molecule has 2 nitrogen and oxygen atoms in total. The highest BCUT2D eigenvalue weighted by Crippen LogP contribution is 2.52. The first-order valence-electron chi connectivity index (χ1n) is 25.1. The van der Waals surface area contributed by atoms with Gasteiger partial charge in [0, 0.05) is 84.6 Å². The summed E-state index contributed by atoms with van der Waals surface area (Å²) in [7, 11) is 0. The molecule has 0 atom stereocenters. The Bertz CT molecular complexity index is 4170. The number of fused-ring (bicyclic) bond motifs is 9. The molecule has 0 fully saturated rings. The molecule has 0 bridgehead atoms. The normalized spacial score (nSPS) is 13.2. The Labute approximate surface area is 438 Å². The second kappa shape index (κ2) is 16.4. The molecule has 6 heterocycles. The zero-order valence-electron chi connectivity index (χ0n) is 41.4. The van der Waals surface area contributed by atoms with Crippen molar-refractivity contribution in [2.45, 2.75) is 59.8 Å². The zero-order valence-corrected chi connectivity index (χ0v) is 44.7. The highest BCUT2D eigenvalue weighted by Gasteiger charge is 2.46. The second-order valence-corrected chi connectivity index (χ2v) is 25.0. The Hall–Kier alpha value is -6.74. The van der Waals surface area contributed by atoms with Gasteiger partial charge in [0.1, 0.15) is 0 Å². The maximum Gasteiger partial charge on any atom is 0.264 e. The van der Waals surface area contributed by atoms with Gasteiger partial charge in [-0.1, -0.05) is 120 Å². The molecule has 0 amide bonds. The minimum absolute atomic E-state index is 0.0125. The van der Waals surface area contributed by atoms with Gasteiger partial charge >= 0.3 is 0 Å². The third kappa shape index (κ3) is 6.70. The van der Waals surface area contributed by atoms with Gasteiger partial charge in [0.2, 0.25) is 0 Å². The predicted octanol–water partition coefficient (Wildman–Crippen LogP) is 18.7. The largest absolute Gasteiger partial charge is 0.311 e. The molecular formula is C65H51BN2S4. The Kier molecular flexibility index (Phi) is 10.0. The van der Waals surface area contributed by atoms with Gasteiger partial charge in [-0.15, -0.1) is 45.3 Å². The van der Waals surface area contributed by atoms with Crippen molar-refractivity contribution in [2.24, 2.45) is 0 Å². The van der Waals surface area contributed by atoms with Crippen molar-refractivity contribution in [3.05, 3.63) is 196 Å². The van der Waals surface area contributed by atoms with E-state index < -0.39 is 0 Å². The molecule has 4 aromatic heterocycles. The van der Waals surface area contributed by atoms with Gasteiger partial charge in [0.05, 0.1) is 11.4 Å². The number of aryl methyl sites for hydroxylation is 2. The minimum atomic E-state index is -0.0147. The monoisotopic (exact) mass is 998 g/mol. The lowest BCUT2D eigenvalue weighted by molar-refractivity contribution is 0.591. The predicted molar refractivity (Wildman–Crippen MR) is 321 cm³/mol. The van der Waals surface area contributed by atoms with E-state index in [1.165, 1.54) is 146 Å². The molecule has 0 spiro atoms. The van der Waals surface area contributed by atoms with Crippen LogP contribution < -0.4 is 25.5 Å². The summed E-state index contributed by atoms with van der Waals surface area (Å²) in [5, 5.41) is 12.3. The van der Waals surface area contributed by atoms with E-state index >= 15 is 0 Å². The van der Waals surface area contributed by atoms with Crippen molar-refractivity contribution in [2.75, 3.05) is 9.80 Å². The van der Waals surface area contributed by atoms with Gasteiger partial charge in [0.25, 0.3) is 6.71 Å². The first-order valence-corrected chi connectivity index (χ1v) is 28.5. The van der Waals surface area contributed by atoms with E-state index in [4.69, 9.17) is 0 Å². The van der Waals surface area contributed by atoms with Crippen LogP contribution in [-0.4, -0.2) is 6.71 Å². The number of rotatable bonds is 6. The van der Waals surface area contributed by atoms with Crippen molar-refractivity contribution in [3.63, 3.8) is 0 Å². The van der Waals surface area contributed by atoms with E-state index in [0.29, 0.717) is 0 Å². The summed E-state index contributed by atoms with van der Waals surface area (Å²) in [6.45, 7) is 16.5. The van der Waals surface area contributed by atoms with Gasteiger partial charge in [-0.2, -0.15) is 0 Å². The molecule has 0 saturated heterocycles. The molecule has 2 aliphatic heterocycles. The Balaban J connectivity index is 1.07. The number of thiophene rings is 4. The smallest absolute Gasteiger partial charge is 0.264 e. The molecule has 0 aliphatic carbocycles. The fourth-order valence-electron chi connectivity index (χ4n) is 11.9. The van der Waals surface area contributed by atoms with E-state index in [9.17, 15) is 0 Å². The molecular weight excluding hydrogens is 948 g/mol. The zero-order chi connectivity index (χ0) is 48.7. The summed E-state index contributed by atoms with van der Waals surface area (Å²) in [5.41, 5.74) is 23.1. The van der Waals surface area contributed by atoms with Crippen LogP contribution in [0, 0.1) is 13.8 Å². The average Bonchev–Trinajstić information content (AvgIpc) is 4.20. The number of nitrogens with zero attached hydrogens (tertiary/aromatic N) is 2. The number of hydrogen-bond acceptors (Lipinski definition) is 6. The summed E-state index contributed by atoms with van der Waals surface area (Å²) in [5.74, 6) is 0.284. The van der Waals surface area contributed by atoms with Crippen molar-refractivity contribution in [3.8, 4) is 33.4 Å². The first-order chi connectivity index (χ1) is 35.0. The minimum Gasteiger partial charge on any atom is -0.311 e. The fourth-order valence-corrected chi connectivity index (χ4v) is 16.1. The molecule has 0 N–H and O–H groups in total. The van der Waals surface area contributed by atoms with Gasteiger partial charge in [-0.25, -0.2) is 0 Å². The summed E-state index contributed by atoms with van der Waals surface area (Å²) in [6.07, 6.45) is 0. The maximum atomic E-state index is 2.71. The lowest BCUT2D eigenvalue weighted by Gasteiger charge is -2.44. The van der Waals surface area contributed by atoms with E-state index in [2.05, 4.69) is 232 Å². The molecule has 14 rings (SSSR count). The van der Waals surface area contributed by atoms with E-state index in [0.717, 1.165) is 0 Å². The van der Waals surface area contributed by atoms with Crippen molar-refractivity contribution in [1.82, 2.24) is 0 Å². The summed E-state index contributed by atoms with van der Waals surface area (Å²) < 4.78 is 6.68. The Morgan fingerprint density at radius 3 is 1.64 bits per heavy atom. The third-order valence-corrected chi connectivity index (χ3v) is 19.5. The molecule has 0 saturated carbocycles. The quantitative estimate of drug-likeness (QED) is 0.153. The highest BCUT2D eigenvalue weighted by atomic mass is 32.1. The fraction of sp³-hybridized carbons (Fsp3) is 0.138. The summed E-state index contributed by atoms with van der Waals surface area (Å²) in [6, 6.07) is 60.6. The van der Waals surface area contributed by atoms with Crippen LogP contribution >= 0.6 is 45.3 Å². The summed E-state index contributed by atoms with van der Waals surface area (Å²) in [4.78, 5) is 5.34. The SMILES string of the molecule is Cc1cc(-c2csc3ccccc23)cc(C)c1N1c2cc(C(C)C)cc3c2B(c2ccc(-c4csc5ccccc45)cc2N3c2cccc(-c3csc4ccccc34)c2)c2sc3ccc(C(C)(C)C)cc3c21. The molecule has 12 aromatic rings. The summed E-state index contributed by atoms with van der Waals surface area (Å²) >= 11 is 7.49. The molecule has 348 valence electrons. The second-order valence-electron chi connectivity index (χ2n) is 21.2. The third-order valence-electron chi connectivity index (χ3n) is 15.4. The number of hydrogen-bond donors (Lipinski definition) is 0. The molecule has 72 heavy (non-hydrogen) atoms. The van der Waals surface area contributed by atoms with Crippen LogP contribution in [0.5, 0.6) is 0 Å². The standard InChI is InChI=1S/C65H51BN2S4/c1-37(2)42-31-55-61-56(32-42)68(62-38(3)27-43(28-39(62)4)52-36-71-59-22-13-10-19-48(52)59)63-49-33-44(65(5,6)7)24-26-60(49)72-64(63)66(61)53-25-23-41(51-35-70-58-21-12-9-18-47(51)58)30-54(53)67(55)45-16-14-15-40(29-45)50-34-69-57-20-11-8-17-46(50)57/h8-37H,1-7H3. The van der Waals surface area contributed by atoms with Gasteiger partial charge in [-0.05, 0) is 164 Å². The van der Waals surface area contributed by atoms with Crippen molar-refractivity contribution >= 4 is 142 Å². The average molecular weight is 999 g/mol. The van der Waals surface area contributed by atoms with E-state index in [-0.39, 0.29) is 18.0 Å². The maximum absolute atomic E-state index is 2.71. The highest BCUT2D eigenvalue weighted by molar-refractivity contribution is 7.33. The molecule has 2 aliphatic rings. The Morgan fingerprint density at radius 2 is 1.04 bits per heavy atom. The molecule has 7 heteroatoms. The van der Waals surface area contributed by atoms with E-state index in [1.54, 1.807) is 0 Å². The topological polar surface area (TPSA) is 6.48 Å². The first kappa shape index (κ1) is 44.0. The van der Waals surface area contributed by atoms with Crippen LogP contribution in [0.25, 0.3) is 73.7 Å². The molecule has 8 aromatic carbocycles. The van der Waals surface area contributed by atoms with Crippen LogP contribution in [0.2, 0.25) is 0 Å². The van der Waals surface area contributed by atoms with Crippen molar-refractivity contribution < 1.29 is 0 Å². The van der Waals surface area contributed by atoms with Crippen LogP contribution in [0.1, 0.15) is 62.8 Å². The number of anilines is 6. The Morgan fingerprint density at radius 1 is 0.472 bits per heavy atom. The van der Waals surface area contributed by atoms with Crippen molar-refractivity contribution in [1.29, 1.82) is 0 Å². The van der Waals surface area contributed by atoms with Crippen LogP contribution in [-0.2, 0) is 5.41 Å². The molecule has 0 radical (unpaired) electrons. The molecule has 0 unspecified atom stereocenters.